The van der Waals surface area contributed by atoms with E-state index in [4.69, 9.17) is 16.3 Å². The number of anilines is 1. The van der Waals surface area contributed by atoms with Gasteiger partial charge in [0.25, 0.3) is 0 Å². The second-order valence-corrected chi connectivity index (χ2v) is 5.81. The number of fused-ring (bicyclic) bond motifs is 3. The normalized spacial score (nSPS) is 25.1. The second-order valence-electron chi connectivity index (χ2n) is 5.40. The summed E-state index contributed by atoms with van der Waals surface area (Å²) in [5.41, 5.74) is 1.18. The number of carbonyl (C=O) groups excluding carboxylic acids is 2. The molecule has 1 aromatic rings. The van der Waals surface area contributed by atoms with E-state index in [1.54, 1.807) is 6.92 Å². The first-order valence-corrected chi connectivity index (χ1v) is 7.56. The lowest BCUT2D eigenvalue weighted by Gasteiger charge is -2.37. The Morgan fingerprint density at radius 2 is 2.23 bits per heavy atom. The smallest absolute Gasteiger partial charge is 0.328 e. The van der Waals surface area contributed by atoms with Gasteiger partial charge in [0.15, 0.2) is 0 Å². The standard InChI is InChI=1S/C16H16ClNO4/c1-2-22-16(21)13-9-5-3-4-8(9)12-10(15(19)20)6-7-11(17)14(12)18-13/h3-4,6-9,13,18H,2,5H2,1H3,(H,19,20)/p-1/t8-,9+,13+/m0/s1. The van der Waals surface area contributed by atoms with E-state index in [2.05, 4.69) is 5.32 Å². The van der Waals surface area contributed by atoms with Crippen LogP contribution in [0.1, 0.15) is 35.2 Å². The number of allylic oxidation sites excluding steroid dienone is 2. The lowest BCUT2D eigenvalue weighted by molar-refractivity contribution is -0.255. The zero-order valence-electron chi connectivity index (χ0n) is 12.0. The second kappa shape index (κ2) is 5.65. The SMILES string of the molecule is CCOC(=O)[C@@H]1Nc2c(Cl)ccc(C(=O)[O-])c2[C@H]2C=CC[C@H]21. The van der Waals surface area contributed by atoms with E-state index in [9.17, 15) is 14.7 Å². The van der Waals surface area contributed by atoms with E-state index in [-0.39, 0.29) is 23.4 Å². The molecule has 0 radical (unpaired) electrons. The molecule has 0 amide bonds. The van der Waals surface area contributed by atoms with E-state index < -0.39 is 12.0 Å². The first-order chi connectivity index (χ1) is 10.5. The zero-order chi connectivity index (χ0) is 15.9. The van der Waals surface area contributed by atoms with Gasteiger partial charge in [-0.25, -0.2) is 4.79 Å². The molecule has 2 aliphatic rings. The highest BCUT2D eigenvalue weighted by Gasteiger charge is 2.43. The molecule has 5 nitrogen and oxygen atoms in total. The molecule has 0 saturated heterocycles. The van der Waals surface area contributed by atoms with Crippen molar-refractivity contribution < 1.29 is 19.4 Å². The van der Waals surface area contributed by atoms with Crippen molar-refractivity contribution in [3.63, 3.8) is 0 Å². The van der Waals surface area contributed by atoms with E-state index in [1.807, 2.05) is 12.2 Å². The van der Waals surface area contributed by atoms with E-state index in [0.717, 1.165) is 0 Å². The molecule has 116 valence electrons. The van der Waals surface area contributed by atoms with Crippen LogP contribution < -0.4 is 10.4 Å². The summed E-state index contributed by atoms with van der Waals surface area (Å²) in [4.78, 5) is 23.6. The Hall–Kier alpha value is -2.01. The van der Waals surface area contributed by atoms with Crippen molar-refractivity contribution in [3.8, 4) is 0 Å². The number of ether oxygens (including phenoxy) is 1. The highest BCUT2D eigenvalue weighted by atomic mass is 35.5. The van der Waals surface area contributed by atoms with Gasteiger partial charge >= 0.3 is 5.97 Å². The van der Waals surface area contributed by atoms with Gasteiger partial charge < -0.3 is 20.0 Å². The molecule has 0 unspecified atom stereocenters. The van der Waals surface area contributed by atoms with E-state index in [0.29, 0.717) is 29.3 Å². The molecule has 22 heavy (non-hydrogen) atoms. The quantitative estimate of drug-likeness (QED) is 0.677. The highest BCUT2D eigenvalue weighted by molar-refractivity contribution is 6.33. The van der Waals surface area contributed by atoms with Crippen molar-refractivity contribution in [1.82, 2.24) is 0 Å². The number of carboxylic acid groups (broad SMARTS) is 1. The number of carbonyl (C=O) groups is 2. The number of hydrogen-bond donors (Lipinski definition) is 1. The fraction of sp³-hybridized carbons (Fsp3) is 0.375. The Labute approximate surface area is 132 Å². The van der Waals surface area contributed by atoms with Gasteiger partial charge in [-0.1, -0.05) is 29.8 Å². The van der Waals surface area contributed by atoms with Crippen LogP contribution in [0.15, 0.2) is 24.3 Å². The number of esters is 1. The Morgan fingerprint density at radius 1 is 1.45 bits per heavy atom. The van der Waals surface area contributed by atoms with Crippen molar-refractivity contribution in [2.45, 2.75) is 25.3 Å². The summed E-state index contributed by atoms with van der Waals surface area (Å²) in [5, 5.41) is 14.9. The third kappa shape index (κ3) is 2.25. The molecular weight excluding hydrogens is 306 g/mol. The Morgan fingerprint density at radius 3 is 2.91 bits per heavy atom. The minimum absolute atomic E-state index is 0.0804. The fourth-order valence-corrected chi connectivity index (χ4v) is 3.54. The molecule has 0 fully saturated rings. The molecular formula is C16H15ClNO4-. The van der Waals surface area contributed by atoms with Gasteiger partial charge in [-0.2, -0.15) is 0 Å². The van der Waals surface area contributed by atoms with Crippen molar-refractivity contribution in [2.75, 3.05) is 11.9 Å². The predicted octanol–water partition coefficient (Wildman–Crippen LogP) is 1.72. The van der Waals surface area contributed by atoms with E-state index in [1.165, 1.54) is 12.1 Å². The largest absolute Gasteiger partial charge is 0.545 e. The van der Waals surface area contributed by atoms with Crippen molar-refractivity contribution >= 4 is 29.2 Å². The van der Waals surface area contributed by atoms with Gasteiger partial charge in [0.2, 0.25) is 0 Å². The number of benzene rings is 1. The van der Waals surface area contributed by atoms with Crippen LogP contribution in [-0.2, 0) is 9.53 Å². The van der Waals surface area contributed by atoms with Crippen LogP contribution >= 0.6 is 11.6 Å². The summed E-state index contributed by atoms with van der Waals surface area (Å²) in [6, 6.07) is 2.41. The molecule has 0 saturated carbocycles. The van der Waals surface area contributed by atoms with Crippen LogP contribution in [0.3, 0.4) is 0 Å². The first kappa shape index (κ1) is 14.9. The molecule has 3 atom stereocenters. The number of hydrogen-bond acceptors (Lipinski definition) is 5. The van der Waals surface area contributed by atoms with Gasteiger partial charge in [0, 0.05) is 17.4 Å². The molecule has 3 rings (SSSR count). The molecule has 1 heterocycles. The number of halogens is 1. The maximum atomic E-state index is 12.2. The minimum Gasteiger partial charge on any atom is -0.545 e. The first-order valence-electron chi connectivity index (χ1n) is 7.18. The molecule has 0 bridgehead atoms. The number of rotatable bonds is 3. The molecule has 0 spiro atoms. The van der Waals surface area contributed by atoms with Gasteiger partial charge in [-0.3, -0.25) is 0 Å². The van der Waals surface area contributed by atoms with Crippen LogP contribution in [0, 0.1) is 5.92 Å². The lowest BCUT2D eigenvalue weighted by Crippen LogP contribution is -2.44. The summed E-state index contributed by atoms with van der Waals surface area (Å²) in [6.45, 7) is 2.04. The van der Waals surface area contributed by atoms with Gasteiger partial charge in [-0.15, -0.1) is 0 Å². The fourth-order valence-electron chi connectivity index (χ4n) is 3.32. The molecule has 1 N–H and O–H groups in total. The summed E-state index contributed by atoms with van der Waals surface area (Å²) in [7, 11) is 0. The zero-order valence-corrected chi connectivity index (χ0v) is 12.7. The van der Waals surface area contributed by atoms with Crippen LogP contribution in [-0.4, -0.2) is 24.6 Å². The van der Waals surface area contributed by atoms with E-state index >= 15 is 0 Å². The Bertz CT molecular complexity index is 670. The van der Waals surface area contributed by atoms with Crippen LogP contribution in [0.25, 0.3) is 0 Å². The van der Waals surface area contributed by atoms with Crippen LogP contribution in [0.4, 0.5) is 5.69 Å². The summed E-state index contributed by atoms with van der Waals surface area (Å²) < 4.78 is 5.12. The van der Waals surface area contributed by atoms with Gasteiger partial charge in [0.05, 0.1) is 23.3 Å². The summed E-state index contributed by atoms with van der Waals surface area (Å²) in [5.74, 6) is -1.86. The molecule has 1 aliphatic carbocycles. The summed E-state index contributed by atoms with van der Waals surface area (Å²) >= 11 is 6.20. The minimum atomic E-state index is -1.25. The maximum absolute atomic E-state index is 12.2. The van der Waals surface area contributed by atoms with Crippen molar-refractivity contribution in [2.24, 2.45) is 5.92 Å². The third-order valence-corrected chi connectivity index (χ3v) is 4.54. The topological polar surface area (TPSA) is 78.5 Å². The van der Waals surface area contributed by atoms with Crippen molar-refractivity contribution in [3.05, 3.63) is 40.4 Å². The number of carboxylic acids is 1. The third-order valence-electron chi connectivity index (χ3n) is 4.23. The monoisotopic (exact) mass is 320 g/mol. The number of nitrogens with one attached hydrogen (secondary N) is 1. The van der Waals surface area contributed by atoms with Gasteiger partial charge in [-0.05, 0) is 25.0 Å². The Kier molecular flexibility index (Phi) is 3.83. The molecule has 1 aliphatic heterocycles. The average molecular weight is 321 g/mol. The van der Waals surface area contributed by atoms with Crippen molar-refractivity contribution in [1.29, 1.82) is 0 Å². The molecule has 0 aromatic heterocycles. The highest BCUT2D eigenvalue weighted by Crippen LogP contribution is 2.48. The Balaban J connectivity index is 2.11. The predicted molar refractivity (Wildman–Crippen MR) is 79.8 cm³/mol. The molecule has 6 heteroatoms. The van der Waals surface area contributed by atoms with Crippen LogP contribution in [0.5, 0.6) is 0 Å². The molecule has 1 aromatic carbocycles. The lowest BCUT2D eigenvalue weighted by atomic mass is 9.77. The average Bonchev–Trinajstić information content (AvgIpc) is 2.96. The summed E-state index contributed by atoms with van der Waals surface area (Å²) in [6.07, 6.45) is 4.57. The van der Waals surface area contributed by atoms with Crippen LogP contribution in [0.2, 0.25) is 5.02 Å². The number of aromatic carboxylic acids is 1. The van der Waals surface area contributed by atoms with Gasteiger partial charge in [0.1, 0.15) is 6.04 Å². The maximum Gasteiger partial charge on any atom is 0.328 e.